The lowest BCUT2D eigenvalue weighted by Crippen LogP contribution is -2.48. The van der Waals surface area contributed by atoms with E-state index in [1.807, 2.05) is 23.1 Å². The first-order valence-corrected chi connectivity index (χ1v) is 8.22. The second-order valence-corrected chi connectivity index (χ2v) is 6.08. The van der Waals surface area contributed by atoms with Crippen LogP contribution >= 0.6 is 0 Å². The molecule has 1 aromatic rings. The van der Waals surface area contributed by atoms with Crippen molar-refractivity contribution >= 4 is 11.6 Å². The maximum Gasteiger partial charge on any atom is 0.228 e. The Hall–Kier alpha value is -1.43. The molecule has 1 saturated heterocycles. The molecular formula is C17H25N3O2. The van der Waals surface area contributed by atoms with Crippen molar-refractivity contribution in [1.82, 2.24) is 9.80 Å². The predicted octanol–water partition coefficient (Wildman–Crippen LogP) is 0.576. The molecule has 2 aliphatic heterocycles. The highest BCUT2D eigenvalue weighted by atomic mass is 16.3. The first-order chi connectivity index (χ1) is 10.8. The Labute approximate surface area is 132 Å². The van der Waals surface area contributed by atoms with Crippen LogP contribution in [0.25, 0.3) is 0 Å². The van der Waals surface area contributed by atoms with Gasteiger partial charge in [0.15, 0.2) is 0 Å². The molecule has 1 fully saturated rings. The average Bonchev–Trinajstić information content (AvgIpc) is 2.98. The molecule has 0 radical (unpaired) electrons. The first-order valence-electron chi connectivity index (χ1n) is 8.22. The summed E-state index contributed by atoms with van der Waals surface area (Å²) < 4.78 is 0. The van der Waals surface area contributed by atoms with Gasteiger partial charge < -0.3 is 14.9 Å². The Morgan fingerprint density at radius 1 is 1.00 bits per heavy atom. The molecule has 120 valence electrons. The average molecular weight is 303 g/mol. The third-order valence-corrected chi connectivity index (χ3v) is 4.71. The van der Waals surface area contributed by atoms with Gasteiger partial charge in [0.25, 0.3) is 0 Å². The van der Waals surface area contributed by atoms with E-state index in [2.05, 4.69) is 15.9 Å². The SMILES string of the molecule is O=C(CCN1CCN(CCO)CC1)N1CCc2ccccc21. The number of para-hydroxylation sites is 1. The Morgan fingerprint density at radius 3 is 2.41 bits per heavy atom. The Bertz CT molecular complexity index is 512. The zero-order chi connectivity index (χ0) is 15.4. The maximum absolute atomic E-state index is 12.5. The standard InChI is InChI=1S/C17H25N3O2/c21-14-13-19-11-9-18(10-12-19)7-6-17(22)20-8-5-15-3-1-2-4-16(15)20/h1-4,21H,5-14H2. The normalized spacial score (nSPS) is 19.4. The second-order valence-electron chi connectivity index (χ2n) is 6.08. The Morgan fingerprint density at radius 2 is 1.68 bits per heavy atom. The molecule has 3 rings (SSSR count). The fraction of sp³-hybridized carbons (Fsp3) is 0.588. The summed E-state index contributed by atoms with van der Waals surface area (Å²) in [5.41, 5.74) is 2.38. The molecular weight excluding hydrogens is 278 g/mol. The van der Waals surface area contributed by atoms with Crippen LogP contribution in [0, 0.1) is 0 Å². The van der Waals surface area contributed by atoms with Crippen molar-refractivity contribution in [2.24, 2.45) is 0 Å². The van der Waals surface area contributed by atoms with Gasteiger partial charge in [0.05, 0.1) is 6.61 Å². The monoisotopic (exact) mass is 303 g/mol. The van der Waals surface area contributed by atoms with E-state index in [0.29, 0.717) is 6.42 Å². The Balaban J connectivity index is 1.46. The molecule has 1 amide bonds. The largest absolute Gasteiger partial charge is 0.395 e. The van der Waals surface area contributed by atoms with E-state index in [4.69, 9.17) is 5.11 Å². The summed E-state index contributed by atoms with van der Waals surface area (Å²) in [7, 11) is 0. The van der Waals surface area contributed by atoms with E-state index < -0.39 is 0 Å². The number of nitrogens with zero attached hydrogens (tertiary/aromatic N) is 3. The van der Waals surface area contributed by atoms with Gasteiger partial charge in [-0.1, -0.05) is 18.2 Å². The molecule has 0 unspecified atom stereocenters. The van der Waals surface area contributed by atoms with Crippen molar-refractivity contribution in [3.05, 3.63) is 29.8 Å². The van der Waals surface area contributed by atoms with Crippen LogP contribution in [0.15, 0.2) is 24.3 Å². The van der Waals surface area contributed by atoms with E-state index in [0.717, 1.165) is 57.9 Å². The number of β-amino-alcohol motifs (C(OH)–C–C–N with tert-alkyl or cyclic N) is 1. The van der Waals surface area contributed by atoms with Gasteiger partial charge in [-0.25, -0.2) is 0 Å². The van der Waals surface area contributed by atoms with E-state index in [-0.39, 0.29) is 12.5 Å². The van der Waals surface area contributed by atoms with Crippen molar-refractivity contribution in [3.8, 4) is 0 Å². The summed E-state index contributed by atoms with van der Waals surface area (Å²) in [6.45, 7) is 6.60. The predicted molar refractivity (Wildman–Crippen MR) is 87.1 cm³/mol. The van der Waals surface area contributed by atoms with Crippen molar-refractivity contribution in [2.45, 2.75) is 12.8 Å². The number of aliphatic hydroxyl groups is 1. The number of carbonyl (C=O) groups excluding carboxylic acids is 1. The molecule has 0 spiro atoms. The summed E-state index contributed by atoms with van der Waals surface area (Å²) in [5, 5.41) is 8.96. The molecule has 0 aromatic heterocycles. The number of piperazine rings is 1. The van der Waals surface area contributed by atoms with Crippen LogP contribution in [0.2, 0.25) is 0 Å². The number of hydrogen-bond donors (Lipinski definition) is 1. The minimum atomic E-state index is 0.229. The van der Waals surface area contributed by atoms with Gasteiger partial charge in [0, 0.05) is 57.9 Å². The van der Waals surface area contributed by atoms with Gasteiger partial charge in [-0.3, -0.25) is 9.69 Å². The van der Waals surface area contributed by atoms with Gasteiger partial charge in [-0.2, -0.15) is 0 Å². The molecule has 5 heteroatoms. The Kier molecular flexibility index (Phi) is 5.08. The van der Waals surface area contributed by atoms with Gasteiger partial charge in [-0.15, -0.1) is 0 Å². The van der Waals surface area contributed by atoms with Crippen molar-refractivity contribution in [1.29, 1.82) is 0 Å². The minimum Gasteiger partial charge on any atom is -0.395 e. The summed E-state index contributed by atoms with van der Waals surface area (Å²) in [5.74, 6) is 0.239. The van der Waals surface area contributed by atoms with E-state index in [1.54, 1.807) is 0 Å². The third kappa shape index (κ3) is 3.48. The summed E-state index contributed by atoms with van der Waals surface area (Å²) in [4.78, 5) is 19.0. The number of carbonyl (C=O) groups is 1. The highest BCUT2D eigenvalue weighted by molar-refractivity contribution is 5.95. The van der Waals surface area contributed by atoms with E-state index >= 15 is 0 Å². The van der Waals surface area contributed by atoms with Crippen LogP contribution in [-0.4, -0.2) is 73.2 Å². The molecule has 22 heavy (non-hydrogen) atoms. The molecule has 0 atom stereocenters. The summed E-state index contributed by atoms with van der Waals surface area (Å²) in [6, 6.07) is 8.21. The van der Waals surface area contributed by atoms with Crippen LogP contribution < -0.4 is 4.90 Å². The van der Waals surface area contributed by atoms with E-state index in [9.17, 15) is 4.79 Å². The first kappa shape index (κ1) is 15.5. The maximum atomic E-state index is 12.5. The zero-order valence-electron chi connectivity index (χ0n) is 13.1. The fourth-order valence-electron chi connectivity index (χ4n) is 3.36. The topological polar surface area (TPSA) is 47.0 Å². The van der Waals surface area contributed by atoms with Gasteiger partial charge in [0.1, 0.15) is 0 Å². The number of rotatable bonds is 5. The van der Waals surface area contributed by atoms with Crippen molar-refractivity contribution in [3.63, 3.8) is 0 Å². The quantitative estimate of drug-likeness (QED) is 0.864. The van der Waals surface area contributed by atoms with Gasteiger partial charge in [-0.05, 0) is 18.1 Å². The van der Waals surface area contributed by atoms with Gasteiger partial charge >= 0.3 is 0 Å². The minimum absolute atomic E-state index is 0.229. The van der Waals surface area contributed by atoms with Crippen LogP contribution in [0.4, 0.5) is 5.69 Å². The fourth-order valence-corrected chi connectivity index (χ4v) is 3.36. The van der Waals surface area contributed by atoms with E-state index in [1.165, 1.54) is 5.56 Å². The second kappa shape index (κ2) is 7.22. The number of anilines is 1. The molecule has 1 aromatic carbocycles. The number of amides is 1. The van der Waals surface area contributed by atoms with Crippen LogP contribution in [0.3, 0.4) is 0 Å². The van der Waals surface area contributed by atoms with Crippen LogP contribution in [0.1, 0.15) is 12.0 Å². The number of benzene rings is 1. The molecule has 2 heterocycles. The van der Waals surface area contributed by atoms with Gasteiger partial charge in [0.2, 0.25) is 5.91 Å². The molecule has 0 aliphatic carbocycles. The summed E-state index contributed by atoms with van der Waals surface area (Å²) in [6.07, 6.45) is 1.57. The number of fused-ring (bicyclic) bond motifs is 1. The molecule has 5 nitrogen and oxygen atoms in total. The van der Waals surface area contributed by atoms with Crippen molar-refractivity contribution < 1.29 is 9.90 Å². The lowest BCUT2D eigenvalue weighted by Gasteiger charge is -2.34. The summed E-state index contributed by atoms with van der Waals surface area (Å²) >= 11 is 0. The van der Waals surface area contributed by atoms with Crippen LogP contribution in [-0.2, 0) is 11.2 Å². The molecule has 0 saturated carbocycles. The third-order valence-electron chi connectivity index (χ3n) is 4.71. The smallest absolute Gasteiger partial charge is 0.228 e. The molecule has 2 aliphatic rings. The zero-order valence-corrected chi connectivity index (χ0v) is 13.1. The highest BCUT2D eigenvalue weighted by Crippen LogP contribution is 2.27. The highest BCUT2D eigenvalue weighted by Gasteiger charge is 2.24. The number of aliphatic hydroxyl groups excluding tert-OH is 1. The molecule has 1 N–H and O–H groups in total. The lowest BCUT2D eigenvalue weighted by atomic mass is 10.2. The molecule has 0 bridgehead atoms. The lowest BCUT2D eigenvalue weighted by molar-refractivity contribution is -0.118. The van der Waals surface area contributed by atoms with Crippen LogP contribution in [0.5, 0.6) is 0 Å². The number of hydrogen-bond acceptors (Lipinski definition) is 4. The van der Waals surface area contributed by atoms with Crippen molar-refractivity contribution in [2.75, 3.05) is 57.3 Å².